The van der Waals surface area contributed by atoms with Gasteiger partial charge in [-0.05, 0) is 18.6 Å². The molecule has 0 fully saturated rings. The van der Waals surface area contributed by atoms with Gasteiger partial charge in [-0.15, -0.1) is 0 Å². The van der Waals surface area contributed by atoms with Gasteiger partial charge in [0.1, 0.15) is 5.75 Å². The summed E-state index contributed by atoms with van der Waals surface area (Å²) in [5.41, 5.74) is 6.70. The first-order chi connectivity index (χ1) is 6.00. The molecule has 72 valence electrons. The van der Waals surface area contributed by atoms with Crippen molar-refractivity contribution in [3.05, 3.63) is 22.7 Å². The Morgan fingerprint density at radius 2 is 2.23 bits per heavy atom. The second kappa shape index (κ2) is 3.95. The van der Waals surface area contributed by atoms with E-state index in [4.69, 9.17) is 21.9 Å². The summed E-state index contributed by atoms with van der Waals surface area (Å²) >= 11 is 3.38. The van der Waals surface area contributed by atoms with Crippen LogP contribution < -0.4 is 9.92 Å². The quantitative estimate of drug-likeness (QED) is 0.590. The molecule has 0 heterocycles. The lowest BCUT2D eigenvalue weighted by Gasteiger charge is -2.05. The van der Waals surface area contributed by atoms with Crippen LogP contribution in [0.15, 0.2) is 12.1 Å². The molecule has 0 bridgehead atoms. The van der Waals surface area contributed by atoms with E-state index in [1.54, 1.807) is 6.92 Å². The van der Waals surface area contributed by atoms with Gasteiger partial charge in [0.05, 0.1) is 10.7 Å². The maximum Gasteiger partial charge on any atom is 0.357 e. The predicted molar refractivity (Wildman–Crippen MR) is 52.0 cm³/mol. The summed E-state index contributed by atoms with van der Waals surface area (Å²) in [6, 6.07) is 2.92. The van der Waals surface area contributed by atoms with Crippen molar-refractivity contribution in [3.8, 4) is 5.75 Å². The maximum atomic E-state index is 10.3. The summed E-state index contributed by atoms with van der Waals surface area (Å²) in [6.45, 7) is 1.73. The van der Waals surface area contributed by atoms with Gasteiger partial charge in [-0.2, -0.15) is 4.21 Å². The van der Waals surface area contributed by atoms with E-state index in [2.05, 4.69) is 4.18 Å². The van der Waals surface area contributed by atoms with Crippen LogP contribution in [0.4, 0.5) is 5.69 Å². The standard InChI is InChI=1S/C7H8ClNO3S/c1-4-2-5(12-13(10)11)3-6(8)7(4)9/h2-3H,9H2,1H3,(H,10,11). The molecular weight excluding hydrogens is 214 g/mol. The predicted octanol–water partition coefficient (Wildman–Crippen LogP) is 1.75. The zero-order valence-corrected chi connectivity index (χ0v) is 8.35. The van der Waals surface area contributed by atoms with Crippen LogP contribution in [-0.4, -0.2) is 8.76 Å². The Balaban J connectivity index is 3.06. The normalized spacial score (nSPS) is 12.5. The summed E-state index contributed by atoms with van der Waals surface area (Å²) in [6.07, 6.45) is 0. The Morgan fingerprint density at radius 1 is 1.62 bits per heavy atom. The van der Waals surface area contributed by atoms with Gasteiger partial charge < -0.3 is 9.92 Å². The average molecular weight is 222 g/mol. The first-order valence-corrected chi connectivity index (χ1v) is 4.76. The van der Waals surface area contributed by atoms with Crippen molar-refractivity contribution >= 4 is 28.6 Å². The number of nitrogens with two attached hydrogens (primary N) is 1. The topological polar surface area (TPSA) is 72.5 Å². The smallest absolute Gasteiger partial charge is 0.357 e. The summed E-state index contributed by atoms with van der Waals surface area (Å²) in [7, 11) is 0. The molecule has 1 aromatic rings. The van der Waals surface area contributed by atoms with Gasteiger partial charge in [-0.25, -0.2) is 0 Å². The van der Waals surface area contributed by atoms with Crippen LogP contribution in [0.5, 0.6) is 5.75 Å². The van der Waals surface area contributed by atoms with Crippen LogP contribution >= 0.6 is 11.6 Å². The van der Waals surface area contributed by atoms with E-state index >= 15 is 0 Å². The molecule has 4 nitrogen and oxygen atoms in total. The fraction of sp³-hybridized carbons (Fsp3) is 0.143. The Labute approximate surface area is 83.1 Å². The second-order valence-corrected chi connectivity index (χ2v) is 3.44. The third-order valence-electron chi connectivity index (χ3n) is 1.48. The highest BCUT2D eigenvalue weighted by atomic mass is 35.5. The molecule has 0 spiro atoms. The Kier molecular flexibility index (Phi) is 3.13. The highest BCUT2D eigenvalue weighted by molar-refractivity contribution is 7.74. The Morgan fingerprint density at radius 3 is 2.69 bits per heavy atom. The number of halogens is 1. The molecule has 0 saturated carbocycles. The highest BCUT2D eigenvalue weighted by Crippen LogP contribution is 2.28. The van der Waals surface area contributed by atoms with Gasteiger partial charge in [0, 0.05) is 6.07 Å². The minimum atomic E-state index is -2.34. The number of nitrogen functional groups attached to an aromatic ring is 1. The largest absolute Gasteiger partial charge is 0.397 e. The average Bonchev–Trinajstić information content (AvgIpc) is 1.98. The molecular formula is C7H8ClNO3S. The molecule has 0 radical (unpaired) electrons. The molecule has 6 heteroatoms. The van der Waals surface area contributed by atoms with Gasteiger partial charge in [0.15, 0.2) is 0 Å². The monoisotopic (exact) mass is 221 g/mol. The maximum absolute atomic E-state index is 10.3. The molecule has 1 rings (SSSR count). The summed E-state index contributed by atoms with van der Waals surface area (Å²) in [4.78, 5) is 0. The third kappa shape index (κ3) is 2.58. The van der Waals surface area contributed by atoms with E-state index in [0.29, 0.717) is 16.3 Å². The van der Waals surface area contributed by atoms with Crippen molar-refractivity contribution in [2.45, 2.75) is 6.92 Å². The molecule has 0 aliphatic heterocycles. The van der Waals surface area contributed by atoms with Gasteiger partial charge in [0.2, 0.25) is 0 Å². The third-order valence-corrected chi connectivity index (χ3v) is 2.13. The minimum absolute atomic E-state index is 0.220. The minimum Gasteiger partial charge on any atom is -0.397 e. The molecule has 3 N–H and O–H groups in total. The van der Waals surface area contributed by atoms with Gasteiger partial charge in [-0.1, -0.05) is 11.6 Å². The van der Waals surface area contributed by atoms with Crippen LogP contribution in [0.1, 0.15) is 5.56 Å². The Hall–Kier alpha value is -0.780. The van der Waals surface area contributed by atoms with E-state index in [-0.39, 0.29) is 5.75 Å². The number of hydrogen-bond acceptors (Lipinski definition) is 3. The number of aryl methyl sites for hydroxylation is 1. The van der Waals surface area contributed by atoms with E-state index in [1.165, 1.54) is 12.1 Å². The number of rotatable bonds is 2. The lowest BCUT2D eigenvalue weighted by Crippen LogP contribution is -1.99. The zero-order valence-electron chi connectivity index (χ0n) is 6.78. The van der Waals surface area contributed by atoms with Crippen molar-refractivity contribution in [2.75, 3.05) is 5.73 Å². The van der Waals surface area contributed by atoms with Gasteiger partial charge >= 0.3 is 11.4 Å². The number of anilines is 1. The second-order valence-electron chi connectivity index (χ2n) is 2.44. The summed E-state index contributed by atoms with van der Waals surface area (Å²) in [5.74, 6) is 0.220. The highest BCUT2D eigenvalue weighted by Gasteiger charge is 2.05. The molecule has 0 saturated heterocycles. The van der Waals surface area contributed by atoms with Crippen LogP contribution in [0.3, 0.4) is 0 Å². The summed E-state index contributed by atoms with van der Waals surface area (Å²) in [5, 5.41) is 0.306. The van der Waals surface area contributed by atoms with Gasteiger partial charge in [0.25, 0.3) is 0 Å². The summed E-state index contributed by atoms with van der Waals surface area (Å²) < 4.78 is 23.2. The number of hydrogen-bond donors (Lipinski definition) is 2. The van der Waals surface area contributed by atoms with Crippen LogP contribution in [0, 0.1) is 6.92 Å². The van der Waals surface area contributed by atoms with Crippen molar-refractivity contribution in [1.82, 2.24) is 0 Å². The molecule has 13 heavy (non-hydrogen) atoms. The van der Waals surface area contributed by atoms with Crippen molar-refractivity contribution in [3.63, 3.8) is 0 Å². The first-order valence-electron chi connectivity index (χ1n) is 3.35. The first kappa shape index (κ1) is 10.3. The Bertz CT molecular complexity index is 333. The molecule has 0 amide bonds. The number of benzene rings is 1. The van der Waals surface area contributed by atoms with Crippen molar-refractivity contribution in [1.29, 1.82) is 0 Å². The SMILES string of the molecule is Cc1cc(OS(=O)O)cc(Cl)c1N. The lowest BCUT2D eigenvalue weighted by molar-refractivity contribution is 0.458. The lowest BCUT2D eigenvalue weighted by atomic mass is 10.2. The van der Waals surface area contributed by atoms with Crippen LogP contribution in [-0.2, 0) is 11.4 Å². The van der Waals surface area contributed by atoms with E-state index < -0.39 is 11.4 Å². The molecule has 0 aliphatic carbocycles. The van der Waals surface area contributed by atoms with Crippen LogP contribution in [0.2, 0.25) is 5.02 Å². The van der Waals surface area contributed by atoms with Crippen molar-refractivity contribution < 1.29 is 12.9 Å². The van der Waals surface area contributed by atoms with Crippen LogP contribution in [0.25, 0.3) is 0 Å². The molecule has 0 aromatic heterocycles. The zero-order chi connectivity index (χ0) is 10.0. The van der Waals surface area contributed by atoms with E-state index in [9.17, 15) is 4.21 Å². The molecule has 1 unspecified atom stereocenters. The van der Waals surface area contributed by atoms with E-state index in [1.807, 2.05) is 0 Å². The van der Waals surface area contributed by atoms with Crippen molar-refractivity contribution in [2.24, 2.45) is 0 Å². The molecule has 0 aliphatic rings. The fourth-order valence-corrected chi connectivity index (χ4v) is 1.37. The molecule has 1 aromatic carbocycles. The van der Waals surface area contributed by atoms with E-state index in [0.717, 1.165) is 0 Å². The fourth-order valence-electron chi connectivity index (χ4n) is 0.854. The van der Waals surface area contributed by atoms with Gasteiger partial charge in [-0.3, -0.25) is 4.55 Å². The molecule has 1 atom stereocenters.